The van der Waals surface area contributed by atoms with Gasteiger partial charge in [0.05, 0.1) is 5.92 Å². The summed E-state index contributed by atoms with van der Waals surface area (Å²) in [5.74, 6) is 0.251. The first-order valence-electron chi connectivity index (χ1n) is 9.27. The van der Waals surface area contributed by atoms with Crippen LogP contribution in [0.4, 0.5) is 5.69 Å². The number of nitrogens with zero attached hydrogens (tertiary/aromatic N) is 2. The summed E-state index contributed by atoms with van der Waals surface area (Å²) in [6, 6.07) is 11.7. The fourth-order valence-electron chi connectivity index (χ4n) is 4.06. The number of hydrogen-bond acceptors (Lipinski definition) is 3. The summed E-state index contributed by atoms with van der Waals surface area (Å²) in [5, 5.41) is 2.87. The van der Waals surface area contributed by atoms with Crippen molar-refractivity contribution in [3.8, 4) is 0 Å². The van der Waals surface area contributed by atoms with Crippen LogP contribution in [0.25, 0.3) is 0 Å². The van der Waals surface area contributed by atoms with Gasteiger partial charge in [-0.15, -0.1) is 0 Å². The number of carbonyl (C=O) groups is 2. The average Bonchev–Trinajstić information content (AvgIpc) is 2.68. The second kappa shape index (κ2) is 7.28. The largest absolute Gasteiger partial charge is 0.342 e. The van der Waals surface area contributed by atoms with Gasteiger partial charge in [0.2, 0.25) is 11.8 Å². The first-order valence-corrected chi connectivity index (χ1v) is 9.27. The van der Waals surface area contributed by atoms with Crippen molar-refractivity contribution >= 4 is 17.5 Å². The van der Waals surface area contributed by atoms with E-state index in [1.807, 2.05) is 41.4 Å². The fraction of sp³-hybridized carbons (Fsp3) is 0.381. The molecule has 2 amide bonds. The van der Waals surface area contributed by atoms with Crippen LogP contribution in [-0.4, -0.2) is 34.8 Å². The third-order valence-corrected chi connectivity index (χ3v) is 5.47. The predicted octanol–water partition coefficient (Wildman–Crippen LogP) is 2.99. The number of para-hydroxylation sites is 1. The number of nitrogens with one attached hydrogen (secondary N) is 1. The molecule has 1 saturated heterocycles. The first-order chi connectivity index (χ1) is 12.7. The Morgan fingerprint density at radius 3 is 2.73 bits per heavy atom. The van der Waals surface area contributed by atoms with Crippen LogP contribution < -0.4 is 5.32 Å². The Kier molecular flexibility index (Phi) is 4.69. The number of carbonyl (C=O) groups excluding carboxylic acids is 2. The number of rotatable bonds is 3. The molecule has 1 unspecified atom stereocenters. The molecule has 3 heterocycles. The molecule has 0 saturated carbocycles. The molecule has 2 aromatic rings. The molecule has 0 bridgehead atoms. The molecule has 5 nitrogen and oxygen atoms in total. The summed E-state index contributed by atoms with van der Waals surface area (Å²) in [4.78, 5) is 31.2. The summed E-state index contributed by atoms with van der Waals surface area (Å²) in [6.45, 7) is 1.54. The highest BCUT2D eigenvalue weighted by atomic mass is 16.2. The van der Waals surface area contributed by atoms with Crippen LogP contribution in [0.15, 0.2) is 48.8 Å². The fourth-order valence-corrected chi connectivity index (χ4v) is 4.06. The van der Waals surface area contributed by atoms with Crippen molar-refractivity contribution in [2.75, 3.05) is 18.4 Å². The first kappa shape index (κ1) is 16.8. The van der Waals surface area contributed by atoms with Crippen molar-refractivity contribution in [1.29, 1.82) is 0 Å². The lowest BCUT2D eigenvalue weighted by atomic mass is 9.87. The van der Waals surface area contributed by atoms with E-state index < -0.39 is 0 Å². The Labute approximate surface area is 153 Å². The molecule has 1 aromatic heterocycles. The van der Waals surface area contributed by atoms with Crippen LogP contribution in [0.2, 0.25) is 0 Å². The van der Waals surface area contributed by atoms with Crippen LogP contribution in [0, 0.1) is 5.92 Å². The lowest BCUT2D eigenvalue weighted by Crippen LogP contribution is -2.43. The summed E-state index contributed by atoms with van der Waals surface area (Å²) in [7, 11) is 0. The predicted molar refractivity (Wildman–Crippen MR) is 99.7 cm³/mol. The van der Waals surface area contributed by atoms with Gasteiger partial charge in [0.15, 0.2) is 0 Å². The van der Waals surface area contributed by atoms with Gasteiger partial charge in [0, 0.05) is 37.6 Å². The van der Waals surface area contributed by atoms with Crippen molar-refractivity contribution in [2.24, 2.45) is 5.92 Å². The maximum atomic E-state index is 13.1. The van der Waals surface area contributed by atoms with Crippen LogP contribution >= 0.6 is 0 Å². The zero-order valence-corrected chi connectivity index (χ0v) is 14.7. The highest BCUT2D eigenvalue weighted by Crippen LogP contribution is 2.34. The van der Waals surface area contributed by atoms with E-state index in [-0.39, 0.29) is 24.2 Å². The molecule has 5 heteroatoms. The van der Waals surface area contributed by atoms with Gasteiger partial charge >= 0.3 is 0 Å². The highest BCUT2D eigenvalue weighted by molar-refractivity contribution is 6.01. The molecule has 2 aliphatic heterocycles. The minimum absolute atomic E-state index is 0.0755. The third-order valence-electron chi connectivity index (χ3n) is 5.47. The van der Waals surface area contributed by atoms with Crippen LogP contribution in [-0.2, 0) is 16.0 Å². The van der Waals surface area contributed by atoms with Crippen LogP contribution in [0.1, 0.15) is 36.3 Å². The molecule has 134 valence electrons. The number of anilines is 1. The number of benzene rings is 1. The molecule has 26 heavy (non-hydrogen) atoms. The summed E-state index contributed by atoms with van der Waals surface area (Å²) in [5.41, 5.74) is 2.97. The van der Waals surface area contributed by atoms with Crippen molar-refractivity contribution in [1.82, 2.24) is 9.88 Å². The second-order valence-corrected chi connectivity index (χ2v) is 7.23. The van der Waals surface area contributed by atoms with Gasteiger partial charge in [0.1, 0.15) is 0 Å². The molecule has 1 atom stereocenters. The lowest BCUT2D eigenvalue weighted by molar-refractivity contribution is -0.136. The minimum atomic E-state index is -0.352. The Hall–Kier alpha value is -2.69. The van der Waals surface area contributed by atoms with E-state index in [0.29, 0.717) is 5.92 Å². The van der Waals surface area contributed by atoms with Crippen LogP contribution in [0.5, 0.6) is 0 Å². The number of fused-ring (bicyclic) bond motifs is 1. The normalized spacial score (nSPS) is 20.4. The van der Waals surface area contributed by atoms with E-state index in [0.717, 1.165) is 43.6 Å². The lowest BCUT2D eigenvalue weighted by Gasteiger charge is -2.35. The van der Waals surface area contributed by atoms with E-state index in [9.17, 15) is 9.59 Å². The maximum Gasteiger partial charge on any atom is 0.230 e. The number of pyridine rings is 1. The highest BCUT2D eigenvalue weighted by Gasteiger charge is 2.34. The molecule has 1 fully saturated rings. The molecule has 0 spiro atoms. The Morgan fingerprint density at radius 2 is 1.96 bits per heavy atom. The smallest absolute Gasteiger partial charge is 0.230 e. The topological polar surface area (TPSA) is 62.3 Å². The summed E-state index contributed by atoms with van der Waals surface area (Å²) < 4.78 is 0. The number of hydrogen-bond donors (Lipinski definition) is 1. The molecule has 4 rings (SSSR count). The van der Waals surface area contributed by atoms with E-state index >= 15 is 0 Å². The third kappa shape index (κ3) is 3.47. The van der Waals surface area contributed by atoms with Crippen molar-refractivity contribution < 1.29 is 9.59 Å². The van der Waals surface area contributed by atoms with Crippen molar-refractivity contribution in [3.05, 3.63) is 59.9 Å². The molecule has 1 N–H and O–H groups in total. The van der Waals surface area contributed by atoms with Gasteiger partial charge in [-0.3, -0.25) is 14.6 Å². The summed E-state index contributed by atoms with van der Waals surface area (Å²) >= 11 is 0. The van der Waals surface area contributed by atoms with Gasteiger partial charge in [-0.2, -0.15) is 0 Å². The van der Waals surface area contributed by atoms with E-state index in [1.165, 1.54) is 5.56 Å². The SMILES string of the molecule is O=C1CC(C(=O)N2CCC(Cc3cccnc3)CC2)c2ccccc2N1. The molecule has 2 aliphatic rings. The quantitative estimate of drug-likeness (QED) is 0.927. The second-order valence-electron chi connectivity index (χ2n) is 7.23. The standard InChI is InChI=1S/C21H23N3O2/c25-20-13-18(17-5-1-2-6-19(17)23-20)21(26)24-10-7-15(8-11-24)12-16-4-3-9-22-14-16/h1-6,9,14-15,18H,7-8,10-13H2,(H,23,25). The van der Waals surface area contributed by atoms with Gasteiger partial charge in [-0.05, 0) is 48.4 Å². The van der Waals surface area contributed by atoms with Crippen molar-refractivity contribution in [3.63, 3.8) is 0 Å². The maximum absolute atomic E-state index is 13.1. The molecule has 0 radical (unpaired) electrons. The van der Waals surface area contributed by atoms with Gasteiger partial charge < -0.3 is 10.2 Å². The Balaban J connectivity index is 1.40. The van der Waals surface area contributed by atoms with E-state index in [1.54, 1.807) is 6.20 Å². The molecule has 1 aromatic carbocycles. The zero-order valence-electron chi connectivity index (χ0n) is 14.7. The number of amides is 2. The monoisotopic (exact) mass is 349 g/mol. The molecule has 0 aliphatic carbocycles. The number of likely N-dealkylation sites (tertiary alicyclic amines) is 1. The average molecular weight is 349 g/mol. The van der Waals surface area contributed by atoms with Gasteiger partial charge in [-0.25, -0.2) is 0 Å². The molecular formula is C21H23N3O2. The Morgan fingerprint density at radius 1 is 1.15 bits per heavy atom. The molecular weight excluding hydrogens is 326 g/mol. The minimum Gasteiger partial charge on any atom is -0.342 e. The van der Waals surface area contributed by atoms with E-state index in [4.69, 9.17) is 0 Å². The number of piperidine rings is 1. The zero-order chi connectivity index (χ0) is 17.9. The van der Waals surface area contributed by atoms with Crippen LogP contribution in [0.3, 0.4) is 0 Å². The van der Waals surface area contributed by atoms with E-state index in [2.05, 4.69) is 16.4 Å². The Bertz CT molecular complexity index is 798. The summed E-state index contributed by atoms with van der Waals surface area (Å²) in [6.07, 6.45) is 6.98. The number of aromatic nitrogens is 1. The van der Waals surface area contributed by atoms with Gasteiger partial charge in [0.25, 0.3) is 0 Å². The van der Waals surface area contributed by atoms with Crippen molar-refractivity contribution in [2.45, 2.75) is 31.6 Å². The van der Waals surface area contributed by atoms with Gasteiger partial charge in [-0.1, -0.05) is 24.3 Å².